The molecule has 0 aliphatic rings. The van der Waals surface area contributed by atoms with Crippen LogP contribution in [-0.2, 0) is 35.3 Å². The van der Waals surface area contributed by atoms with E-state index >= 15 is 0 Å². The van der Waals surface area contributed by atoms with Crippen LogP contribution in [0.3, 0.4) is 0 Å². The fraction of sp³-hybridized carbons (Fsp3) is 0.370. The van der Waals surface area contributed by atoms with Crippen molar-refractivity contribution in [3.63, 3.8) is 0 Å². The lowest BCUT2D eigenvalue weighted by molar-refractivity contribution is -0.722. The van der Waals surface area contributed by atoms with Crippen LogP contribution < -0.4 is 4.72 Å². The number of hydrogen-bond donors (Lipinski definition) is 1. The summed E-state index contributed by atoms with van der Waals surface area (Å²) in [5.74, 6) is -0.654. The number of hydrazine groups is 1. The number of aromatic nitrogens is 2. The van der Waals surface area contributed by atoms with Gasteiger partial charge in [0.2, 0.25) is 5.28 Å². The minimum Gasteiger partial charge on any atom is -0.569 e. The number of esters is 1. The highest BCUT2D eigenvalue weighted by atomic mass is 32.2. The van der Waals surface area contributed by atoms with Crippen molar-refractivity contribution < 1.29 is 50.5 Å². The van der Waals surface area contributed by atoms with E-state index in [0.717, 1.165) is 40.4 Å². The Labute approximate surface area is 256 Å². The zero-order valence-corrected chi connectivity index (χ0v) is 25.8. The molecule has 0 aliphatic carbocycles. The molecule has 1 N–H and O–H groups in total. The summed E-state index contributed by atoms with van der Waals surface area (Å²) in [5.41, 5.74) is -0.747. The van der Waals surface area contributed by atoms with Crippen LogP contribution in [0.4, 0.5) is 18.0 Å². The fourth-order valence-electron chi connectivity index (χ4n) is 3.59. The molecule has 1 heterocycles. The molecule has 0 fully saturated rings. The summed E-state index contributed by atoms with van der Waals surface area (Å²) in [6, 6.07) is 12.3. The first kappa shape index (κ1) is 34.6. The summed E-state index contributed by atoms with van der Waals surface area (Å²) in [5, 5.41) is 20.1. The van der Waals surface area contributed by atoms with Crippen LogP contribution in [0.1, 0.15) is 39.0 Å². The van der Waals surface area contributed by atoms with E-state index in [4.69, 9.17) is 9.57 Å². The molecule has 18 heteroatoms. The third kappa shape index (κ3) is 9.07. The standard InChI is InChI=1S/C27H31F3N6O8S/c1-17-7-9-20(10-8-17)23-15-24(27(28,29)30)31-35(23)21-11-13-22(14-12-21)45(40,41)32-25(38)42-16-26(4,5)34(6)36(39)33-44-19(3)43-18(2)37/h7-15,19H,16H2,1-6H3,(H,32,38). The molecule has 1 amide bonds. The van der Waals surface area contributed by atoms with E-state index in [2.05, 4.69) is 15.1 Å². The predicted octanol–water partition coefficient (Wildman–Crippen LogP) is 4.71. The van der Waals surface area contributed by atoms with Crippen LogP contribution in [0.5, 0.6) is 0 Å². The highest BCUT2D eigenvalue weighted by Crippen LogP contribution is 2.33. The second-order valence-corrected chi connectivity index (χ2v) is 12.0. The first-order valence-corrected chi connectivity index (χ1v) is 14.6. The molecule has 3 rings (SSSR count). The zero-order chi connectivity index (χ0) is 33.7. The van der Waals surface area contributed by atoms with E-state index in [1.54, 1.807) is 29.0 Å². The number of likely N-dealkylation sites (N-methyl/N-ethyl adjacent to an activating group) is 1. The predicted molar refractivity (Wildman–Crippen MR) is 151 cm³/mol. The first-order valence-electron chi connectivity index (χ1n) is 13.1. The molecule has 0 spiro atoms. The van der Waals surface area contributed by atoms with Gasteiger partial charge in [-0.2, -0.15) is 18.3 Å². The van der Waals surface area contributed by atoms with E-state index in [0.29, 0.717) is 5.56 Å². The lowest BCUT2D eigenvalue weighted by Crippen LogP contribution is -2.49. The second-order valence-electron chi connectivity index (χ2n) is 10.3. The Morgan fingerprint density at radius 1 is 1.13 bits per heavy atom. The molecule has 0 bridgehead atoms. The third-order valence-corrected chi connectivity index (χ3v) is 7.57. The van der Waals surface area contributed by atoms with Gasteiger partial charge in [-0.1, -0.05) is 29.8 Å². The minimum atomic E-state index is -4.72. The van der Waals surface area contributed by atoms with Crippen molar-refractivity contribution in [2.45, 2.75) is 57.5 Å². The van der Waals surface area contributed by atoms with Crippen molar-refractivity contribution in [2.24, 2.45) is 5.28 Å². The van der Waals surface area contributed by atoms with Crippen molar-refractivity contribution in [1.29, 1.82) is 0 Å². The Morgan fingerprint density at radius 2 is 1.73 bits per heavy atom. The van der Waals surface area contributed by atoms with E-state index in [-0.39, 0.29) is 21.2 Å². The number of halogens is 3. The number of alkyl halides is 3. The van der Waals surface area contributed by atoms with Gasteiger partial charge in [0, 0.05) is 19.4 Å². The molecule has 1 atom stereocenters. The van der Waals surface area contributed by atoms with E-state index in [1.165, 1.54) is 40.0 Å². The van der Waals surface area contributed by atoms with Crippen molar-refractivity contribution in [3.05, 3.63) is 71.1 Å². The van der Waals surface area contributed by atoms with Crippen molar-refractivity contribution in [2.75, 3.05) is 13.7 Å². The molecule has 244 valence electrons. The Kier molecular flexibility index (Phi) is 10.3. The van der Waals surface area contributed by atoms with Gasteiger partial charge in [-0.25, -0.2) is 22.6 Å². The van der Waals surface area contributed by atoms with E-state index in [1.807, 2.05) is 6.92 Å². The largest absolute Gasteiger partial charge is 0.569 e. The average molecular weight is 657 g/mol. The highest BCUT2D eigenvalue weighted by Gasteiger charge is 2.36. The van der Waals surface area contributed by atoms with Crippen molar-refractivity contribution in [1.82, 2.24) is 19.5 Å². The van der Waals surface area contributed by atoms with Gasteiger partial charge in [-0.3, -0.25) is 9.63 Å². The Balaban J connectivity index is 1.71. The van der Waals surface area contributed by atoms with Crippen molar-refractivity contribution >= 4 is 22.1 Å². The lowest BCUT2D eigenvalue weighted by Gasteiger charge is -2.30. The minimum absolute atomic E-state index is 0.0150. The molecule has 3 aromatic rings. The number of nitrogens with zero attached hydrogens (tertiary/aromatic N) is 5. The average Bonchev–Trinajstić information content (AvgIpc) is 3.41. The van der Waals surface area contributed by atoms with Gasteiger partial charge < -0.3 is 14.7 Å². The Hall–Kier alpha value is -4.87. The number of carbonyl (C=O) groups is 2. The fourth-order valence-corrected chi connectivity index (χ4v) is 4.49. The molecular formula is C27H31F3N6O8S. The molecule has 0 saturated heterocycles. The number of nitrogens with one attached hydrogen (secondary N) is 1. The van der Waals surface area contributed by atoms with E-state index in [9.17, 15) is 36.4 Å². The smallest absolute Gasteiger partial charge is 0.435 e. The number of hydrogen-bond acceptors (Lipinski definition) is 10. The number of amides is 1. The number of sulfonamides is 1. The van der Waals surface area contributed by atoms with Crippen LogP contribution in [0.15, 0.2) is 64.8 Å². The van der Waals surface area contributed by atoms with Gasteiger partial charge in [0.25, 0.3) is 16.3 Å². The van der Waals surface area contributed by atoms with E-state index < -0.39 is 52.4 Å². The van der Waals surface area contributed by atoms with Gasteiger partial charge >= 0.3 is 18.2 Å². The van der Waals surface area contributed by atoms with Gasteiger partial charge in [-0.05, 0) is 51.1 Å². The molecule has 0 radical (unpaired) electrons. The maximum atomic E-state index is 13.5. The molecule has 14 nitrogen and oxygen atoms in total. The summed E-state index contributed by atoms with van der Waals surface area (Å²) in [7, 11) is -3.19. The molecule has 1 aromatic heterocycles. The maximum absolute atomic E-state index is 13.5. The summed E-state index contributed by atoms with van der Waals surface area (Å²) in [6.07, 6.45) is -7.23. The van der Waals surface area contributed by atoms with Gasteiger partial charge in [-0.15, -0.1) is 5.01 Å². The number of ether oxygens (including phenoxy) is 2. The van der Waals surface area contributed by atoms with Crippen LogP contribution in [0, 0.1) is 12.1 Å². The van der Waals surface area contributed by atoms with Crippen LogP contribution in [0.25, 0.3) is 16.9 Å². The number of rotatable bonds is 11. The second kappa shape index (κ2) is 13.4. The third-order valence-electron chi connectivity index (χ3n) is 6.24. The zero-order valence-electron chi connectivity index (χ0n) is 25.0. The maximum Gasteiger partial charge on any atom is 0.435 e. The van der Waals surface area contributed by atoms with Gasteiger partial charge in [0.15, 0.2) is 5.69 Å². The molecule has 0 aliphatic heterocycles. The SMILES string of the molecule is CC(=O)OC(C)ON=[N+]([O-])N(C)C(C)(C)COC(=O)NS(=O)(=O)c1ccc(-n2nc(C(F)(F)F)cc2-c2ccc(C)cc2)cc1. The molecule has 2 aromatic carbocycles. The van der Waals surface area contributed by atoms with Crippen LogP contribution in [-0.4, -0.2) is 65.7 Å². The van der Waals surface area contributed by atoms with Gasteiger partial charge in [0.1, 0.15) is 12.1 Å². The summed E-state index contributed by atoms with van der Waals surface area (Å²) >= 11 is 0. The quantitative estimate of drug-likeness (QED) is 0.100. The Morgan fingerprint density at radius 3 is 2.29 bits per heavy atom. The van der Waals surface area contributed by atoms with Crippen LogP contribution >= 0.6 is 0 Å². The normalized spacial score (nSPS) is 13.1. The molecule has 0 saturated carbocycles. The van der Waals surface area contributed by atoms with Crippen LogP contribution in [0.2, 0.25) is 0 Å². The first-order chi connectivity index (χ1) is 20.8. The molecule has 1 unspecified atom stereocenters. The Bertz CT molecular complexity index is 1660. The van der Waals surface area contributed by atoms with Gasteiger partial charge in [0.05, 0.1) is 28.3 Å². The monoisotopic (exact) mass is 656 g/mol. The molecule has 45 heavy (non-hydrogen) atoms. The highest BCUT2D eigenvalue weighted by molar-refractivity contribution is 7.90. The summed E-state index contributed by atoms with van der Waals surface area (Å²) < 4.78 is 78.6. The summed E-state index contributed by atoms with van der Waals surface area (Å²) in [4.78, 5) is 27.7. The topological polar surface area (TPSA) is 167 Å². The number of benzene rings is 2. The number of carbonyl (C=O) groups excluding carboxylic acids is 2. The lowest BCUT2D eigenvalue weighted by atomic mass is 10.1. The number of aryl methyl sites for hydroxylation is 1. The molecular weight excluding hydrogens is 625 g/mol. The summed E-state index contributed by atoms with van der Waals surface area (Å²) in [6.45, 7) is 6.77. The van der Waals surface area contributed by atoms with Crippen molar-refractivity contribution in [3.8, 4) is 16.9 Å².